The number of nitrogens with zero attached hydrogens (tertiary/aromatic N) is 2. The number of nitrogens with one attached hydrogen (secondary N) is 1. The van der Waals surface area contributed by atoms with Gasteiger partial charge in [0.05, 0.1) is 12.6 Å². The number of carbonyl (C=O) groups is 1. The van der Waals surface area contributed by atoms with Gasteiger partial charge in [0.25, 0.3) is 5.91 Å². The number of amides is 1. The van der Waals surface area contributed by atoms with Crippen LogP contribution in [0.2, 0.25) is 0 Å². The number of fused-ring (bicyclic) bond motifs is 2. The van der Waals surface area contributed by atoms with Gasteiger partial charge < -0.3 is 14.5 Å². The maximum Gasteiger partial charge on any atom is 0.287 e. The fourth-order valence-corrected chi connectivity index (χ4v) is 4.18. The van der Waals surface area contributed by atoms with Crippen molar-refractivity contribution in [2.45, 2.75) is 25.4 Å². The summed E-state index contributed by atoms with van der Waals surface area (Å²) in [7, 11) is 1.63. The third-order valence-electron chi connectivity index (χ3n) is 5.91. The van der Waals surface area contributed by atoms with Crippen molar-refractivity contribution in [2.75, 3.05) is 20.2 Å². The third kappa shape index (κ3) is 4.25. The van der Waals surface area contributed by atoms with Crippen LogP contribution in [-0.2, 0) is 6.54 Å². The van der Waals surface area contributed by atoms with Crippen LogP contribution < -0.4 is 10.1 Å². The molecule has 1 saturated heterocycles. The predicted molar refractivity (Wildman–Crippen MR) is 120 cm³/mol. The van der Waals surface area contributed by atoms with E-state index in [0.717, 1.165) is 54.5 Å². The van der Waals surface area contributed by atoms with E-state index in [2.05, 4.69) is 39.5 Å². The molecule has 1 aliphatic rings. The molecule has 1 aliphatic heterocycles. The van der Waals surface area contributed by atoms with Crippen molar-refractivity contribution in [1.29, 1.82) is 0 Å². The number of pyridine rings is 1. The molecule has 0 spiro atoms. The van der Waals surface area contributed by atoms with Crippen LogP contribution in [0.25, 0.3) is 22.0 Å². The minimum Gasteiger partial charge on any atom is -0.497 e. The predicted octanol–water partition coefficient (Wildman–Crippen LogP) is 4.38. The van der Waals surface area contributed by atoms with Gasteiger partial charge in [0.2, 0.25) is 5.71 Å². The summed E-state index contributed by atoms with van der Waals surface area (Å²) in [6.07, 6.45) is 1.86. The lowest BCUT2D eigenvalue weighted by molar-refractivity contribution is 0.0883. The first-order chi connectivity index (χ1) is 15.2. The molecule has 158 valence electrons. The van der Waals surface area contributed by atoms with E-state index in [0.29, 0.717) is 11.5 Å². The summed E-state index contributed by atoms with van der Waals surface area (Å²) in [5, 5.41) is 4.93. The van der Waals surface area contributed by atoms with E-state index in [4.69, 9.17) is 9.15 Å². The van der Waals surface area contributed by atoms with E-state index in [-0.39, 0.29) is 11.9 Å². The molecule has 5 rings (SSSR count). The zero-order valence-corrected chi connectivity index (χ0v) is 17.5. The summed E-state index contributed by atoms with van der Waals surface area (Å²) in [4.78, 5) is 19.8. The number of ether oxygens (including phenoxy) is 1. The van der Waals surface area contributed by atoms with E-state index in [9.17, 15) is 4.79 Å². The molecule has 31 heavy (non-hydrogen) atoms. The quantitative estimate of drug-likeness (QED) is 0.524. The maximum atomic E-state index is 12.8. The molecule has 0 atom stereocenters. The first kappa shape index (κ1) is 19.6. The van der Waals surface area contributed by atoms with Gasteiger partial charge in [-0.3, -0.25) is 9.69 Å². The molecule has 1 amide bonds. The van der Waals surface area contributed by atoms with Gasteiger partial charge >= 0.3 is 0 Å². The van der Waals surface area contributed by atoms with E-state index < -0.39 is 0 Å². The van der Waals surface area contributed by atoms with Crippen LogP contribution in [0, 0.1) is 0 Å². The second-order valence-corrected chi connectivity index (χ2v) is 8.06. The zero-order chi connectivity index (χ0) is 21.2. The number of likely N-dealkylation sites (tertiary alicyclic amines) is 1. The molecule has 0 saturated carbocycles. The molecule has 3 heterocycles. The highest BCUT2D eigenvalue weighted by atomic mass is 16.5. The molecular formula is C25H25N3O3. The standard InChI is InChI=1S/C25H25N3O3/c1-30-21-8-7-18-13-19-14-23(31-25(19)27-22(18)15-21)24(29)26-20-9-11-28(12-10-20)16-17-5-3-2-4-6-17/h2-8,13-15,20H,9-12,16H2,1H3,(H,26,29). The lowest BCUT2D eigenvalue weighted by Gasteiger charge is -2.32. The highest BCUT2D eigenvalue weighted by Gasteiger charge is 2.23. The van der Waals surface area contributed by atoms with Crippen LogP contribution >= 0.6 is 0 Å². The molecule has 2 aromatic heterocycles. The van der Waals surface area contributed by atoms with Gasteiger partial charge in [-0.2, -0.15) is 0 Å². The first-order valence-electron chi connectivity index (χ1n) is 10.6. The largest absolute Gasteiger partial charge is 0.497 e. The summed E-state index contributed by atoms with van der Waals surface area (Å²) in [5.74, 6) is 0.861. The SMILES string of the molecule is COc1ccc2cc3cc(C(=O)NC4CCN(Cc5ccccc5)CC4)oc3nc2c1. The van der Waals surface area contributed by atoms with Crippen LogP contribution in [0.4, 0.5) is 0 Å². The second kappa shape index (κ2) is 8.40. The Morgan fingerprint density at radius 3 is 2.68 bits per heavy atom. The molecular weight excluding hydrogens is 390 g/mol. The monoisotopic (exact) mass is 415 g/mol. The fraction of sp³-hybridized carbons (Fsp3) is 0.280. The van der Waals surface area contributed by atoms with Gasteiger partial charge in [-0.15, -0.1) is 0 Å². The number of piperidine rings is 1. The number of carbonyl (C=O) groups excluding carboxylic acids is 1. The summed E-state index contributed by atoms with van der Waals surface area (Å²) < 4.78 is 11.0. The Hall–Kier alpha value is -3.38. The van der Waals surface area contributed by atoms with Crippen molar-refractivity contribution < 1.29 is 13.9 Å². The molecule has 6 heteroatoms. The number of hydrogen-bond donors (Lipinski definition) is 1. The molecule has 6 nitrogen and oxygen atoms in total. The minimum atomic E-state index is -0.179. The van der Waals surface area contributed by atoms with Crippen molar-refractivity contribution in [1.82, 2.24) is 15.2 Å². The Balaban J connectivity index is 1.23. The van der Waals surface area contributed by atoms with Crippen molar-refractivity contribution in [3.63, 3.8) is 0 Å². The summed E-state index contributed by atoms with van der Waals surface area (Å²) in [5.41, 5.74) is 2.56. The second-order valence-electron chi connectivity index (χ2n) is 8.06. The average molecular weight is 415 g/mol. The Morgan fingerprint density at radius 1 is 1.10 bits per heavy atom. The topological polar surface area (TPSA) is 67.6 Å². The normalized spacial score (nSPS) is 15.4. The van der Waals surface area contributed by atoms with E-state index in [1.165, 1.54) is 5.56 Å². The van der Waals surface area contributed by atoms with Crippen molar-refractivity contribution >= 4 is 27.9 Å². The number of furan rings is 1. The molecule has 1 fully saturated rings. The van der Waals surface area contributed by atoms with Gasteiger partial charge in [0.15, 0.2) is 5.76 Å². The van der Waals surface area contributed by atoms with Crippen LogP contribution in [-0.4, -0.2) is 42.0 Å². The number of methoxy groups -OCH3 is 1. The number of aromatic nitrogens is 1. The number of hydrogen-bond acceptors (Lipinski definition) is 5. The van der Waals surface area contributed by atoms with Crippen molar-refractivity contribution in [3.05, 3.63) is 72.0 Å². The fourth-order valence-electron chi connectivity index (χ4n) is 4.18. The molecule has 2 aromatic carbocycles. The molecule has 0 bridgehead atoms. The van der Waals surface area contributed by atoms with Gasteiger partial charge in [-0.25, -0.2) is 4.98 Å². The van der Waals surface area contributed by atoms with Gasteiger partial charge in [-0.05, 0) is 42.7 Å². The molecule has 0 unspecified atom stereocenters. The van der Waals surface area contributed by atoms with Crippen LogP contribution in [0.5, 0.6) is 5.75 Å². The van der Waals surface area contributed by atoms with E-state index >= 15 is 0 Å². The highest BCUT2D eigenvalue weighted by Crippen LogP contribution is 2.26. The zero-order valence-electron chi connectivity index (χ0n) is 17.5. The third-order valence-corrected chi connectivity index (χ3v) is 5.91. The maximum absolute atomic E-state index is 12.8. The van der Waals surface area contributed by atoms with Gasteiger partial charge in [0.1, 0.15) is 5.75 Å². The Morgan fingerprint density at radius 2 is 1.90 bits per heavy atom. The molecule has 1 N–H and O–H groups in total. The van der Waals surface area contributed by atoms with Gasteiger partial charge in [-0.1, -0.05) is 30.3 Å². The summed E-state index contributed by atoms with van der Waals surface area (Å²) in [6.45, 7) is 2.89. The summed E-state index contributed by atoms with van der Waals surface area (Å²) >= 11 is 0. The summed E-state index contributed by atoms with van der Waals surface area (Å²) in [6, 6.07) is 20.1. The van der Waals surface area contributed by atoms with E-state index in [1.54, 1.807) is 13.2 Å². The highest BCUT2D eigenvalue weighted by molar-refractivity contribution is 5.98. The van der Waals surface area contributed by atoms with Crippen LogP contribution in [0.3, 0.4) is 0 Å². The minimum absolute atomic E-state index is 0.157. The van der Waals surface area contributed by atoms with E-state index in [1.807, 2.05) is 30.3 Å². The smallest absolute Gasteiger partial charge is 0.287 e. The average Bonchev–Trinajstić information content (AvgIpc) is 3.22. The number of benzene rings is 2. The van der Waals surface area contributed by atoms with Crippen molar-refractivity contribution in [3.8, 4) is 5.75 Å². The molecule has 0 radical (unpaired) electrons. The molecule has 4 aromatic rings. The Bertz CT molecular complexity index is 1210. The lowest BCUT2D eigenvalue weighted by Crippen LogP contribution is -2.44. The van der Waals surface area contributed by atoms with Crippen LogP contribution in [0.15, 0.2) is 65.1 Å². The Labute approximate surface area is 180 Å². The Kier molecular flexibility index (Phi) is 5.30. The molecule has 0 aliphatic carbocycles. The lowest BCUT2D eigenvalue weighted by atomic mass is 10.0. The van der Waals surface area contributed by atoms with Crippen LogP contribution in [0.1, 0.15) is 29.0 Å². The van der Waals surface area contributed by atoms with Gasteiger partial charge in [0, 0.05) is 42.5 Å². The van der Waals surface area contributed by atoms with Crippen molar-refractivity contribution in [2.24, 2.45) is 0 Å². The first-order valence-corrected chi connectivity index (χ1v) is 10.6. The number of rotatable bonds is 5.